The van der Waals surface area contributed by atoms with Gasteiger partial charge in [0.05, 0.1) is 0 Å². The molecule has 0 aliphatic carbocycles. The summed E-state index contributed by atoms with van der Waals surface area (Å²) in [5, 5.41) is 4.34. The van der Waals surface area contributed by atoms with Crippen LogP contribution in [0.1, 0.15) is 72.4 Å². The van der Waals surface area contributed by atoms with E-state index in [9.17, 15) is 0 Å². The molecule has 0 fully saturated rings. The van der Waals surface area contributed by atoms with Gasteiger partial charge in [-0.2, -0.15) is 0 Å². The first-order valence-electron chi connectivity index (χ1n) is 8.69. The Balaban J connectivity index is 3.11. The highest BCUT2D eigenvalue weighted by Gasteiger charge is 2.26. The van der Waals surface area contributed by atoms with Crippen molar-refractivity contribution < 1.29 is 4.74 Å². The van der Waals surface area contributed by atoms with E-state index in [4.69, 9.17) is 4.74 Å². The smallest absolute Gasteiger partial charge is 0.123 e. The largest absolute Gasteiger partial charge is 0.492 e. The van der Waals surface area contributed by atoms with Crippen LogP contribution in [0.5, 0.6) is 5.75 Å². The van der Waals surface area contributed by atoms with Gasteiger partial charge in [-0.05, 0) is 35.3 Å². The average Bonchev–Trinajstić information content (AvgIpc) is 2.51. The van der Waals surface area contributed by atoms with Gasteiger partial charge in [-0.1, -0.05) is 60.6 Å². The minimum atomic E-state index is 0.122. The number of rotatable bonds is 9. The molecule has 0 atom stereocenters. The second-order valence-electron chi connectivity index (χ2n) is 7.30. The normalized spacial score (nSPS) is 12.5. The molecular weight excluding hydrogens is 270 g/mol. The van der Waals surface area contributed by atoms with E-state index in [1.54, 1.807) is 0 Å². The Morgan fingerprint density at radius 1 is 0.955 bits per heavy atom. The van der Waals surface area contributed by atoms with Crippen molar-refractivity contribution >= 4 is 0 Å². The lowest BCUT2D eigenvalue weighted by atomic mass is 9.76. The predicted octanol–water partition coefficient (Wildman–Crippen LogP) is 5.06. The molecule has 22 heavy (non-hydrogen) atoms. The van der Waals surface area contributed by atoms with Crippen LogP contribution in [0.4, 0.5) is 0 Å². The monoisotopic (exact) mass is 304 g/mol. The Labute approximate surface area is 137 Å². The molecule has 1 rings (SSSR count). The maximum atomic E-state index is 6.03. The number of likely N-dealkylation sites (N-methyl/N-ethyl adjacent to an activating group) is 1. The van der Waals surface area contributed by atoms with E-state index in [0.717, 1.165) is 31.7 Å². The maximum absolute atomic E-state index is 6.03. The summed E-state index contributed by atoms with van der Waals surface area (Å²) in [5.41, 5.74) is 3.05. The lowest BCUT2D eigenvalue weighted by Gasteiger charge is -2.30. The van der Waals surface area contributed by atoms with Crippen molar-refractivity contribution in [3.63, 3.8) is 0 Å². The molecule has 2 heteroatoms. The average molecular weight is 304 g/mol. The van der Waals surface area contributed by atoms with Gasteiger partial charge >= 0.3 is 0 Å². The van der Waals surface area contributed by atoms with Gasteiger partial charge in [0.15, 0.2) is 0 Å². The summed E-state index contributed by atoms with van der Waals surface area (Å²) in [7, 11) is 0. The number of hydrogen-bond donors (Lipinski definition) is 0. The molecule has 0 aliphatic heterocycles. The van der Waals surface area contributed by atoms with Crippen molar-refractivity contribution in [3.05, 3.63) is 29.3 Å². The third-order valence-electron chi connectivity index (χ3n) is 4.99. The molecule has 0 unspecified atom stereocenters. The van der Waals surface area contributed by atoms with Crippen LogP contribution >= 0.6 is 0 Å². The van der Waals surface area contributed by atoms with Gasteiger partial charge in [0.2, 0.25) is 0 Å². The summed E-state index contributed by atoms with van der Waals surface area (Å²) < 4.78 is 6.03. The topological polar surface area (TPSA) is 23.3 Å². The van der Waals surface area contributed by atoms with Crippen molar-refractivity contribution in [2.45, 2.75) is 72.1 Å². The Hall–Kier alpha value is -1.02. The van der Waals surface area contributed by atoms with Crippen LogP contribution in [0.3, 0.4) is 0 Å². The number of hydrogen-bond acceptors (Lipinski definition) is 1. The molecule has 2 nitrogen and oxygen atoms in total. The van der Waals surface area contributed by atoms with Crippen LogP contribution < -0.4 is 10.1 Å². The van der Waals surface area contributed by atoms with Gasteiger partial charge in [0.1, 0.15) is 12.4 Å². The summed E-state index contributed by atoms with van der Waals surface area (Å²) in [6, 6.07) is 6.75. The molecule has 0 saturated heterocycles. The van der Waals surface area contributed by atoms with Gasteiger partial charge in [-0.25, -0.2) is 5.32 Å². The van der Waals surface area contributed by atoms with Gasteiger partial charge in [0.25, 0.3) is 0 Å². The van der Waals surface area contributed by atoms with Crippen LogP contribution in [-0.4, -0.2) is 19.7 Å². The molecule has 0 aliphatic rings. The standard InChI is InChI=1S/C20H34NO/c1-8-19(4,5)16-11-12-18(22-14-13-21-10-3)17(15-16)20(6,7)9-2/h11-12,15H,8-10,13-14H2,1-7H3. The van der Waals surface area contributed by atoms with E-state index in [0.29, 0.717) is 6.61 Å². The molecule has 0 aromatic heterocycles. The molecular formula is C20H34NO. The Kier molecular flexibility index (Phi) is 6.93. The molecule has 125 valence electrons. The van der Waals surface area contributed by atoms with Crippen molar-refractivity contribution in [1.29, 1.82) is 0 Å². The van der Waals surface area contributed by atoms with Crippen LogP contribution in [-0.2, 0) is 10.8 Å². The summed E-state index contributed by atoms with van der Waals surface area (Å²) in [4.78, 5) is 0. The van der Waals surface area contributed by atoms with Crippen LogP contribution in [0.15, 0.2) is 18.2 Å². The minimum Gasteiger partial charge on any atom is -0.492 e. The summed E-state index contributed by atoms with van der Waals surface area (Å²) in [5.74, 6) is 1.02. The molecule has 0 amide bonds. The first-order valence-corrected chi connectivity index (χ1v) is 8.69. The fourth-order valence-electron chi connectivity index (χ4n) is 2.38. The molecule has 0 saturated carbocycles. The molecule has 0 bridgehead atoms. The van der Waals surface area contributed by atoms with Crippen molar-refractivity contribution in [1.82, 2.24) is 5.32 Å². The first-order chi connectivity index (χ1) is 10.3. The lowest BCUT2D eigenvalue weighted by Crippen LogP contribution is -2.22. The fourth-order valence-corrected chi connectivity index (χ4v) is 2.38. The molecule has 0 N–H and O–H groups in total. The zero-order valence-corrected chi connectivity index (χ0v) is 15.6. The Morgan fingerprint density at radius 3 is 2.14 bits per heavy atom. The van der Waals surface area contributed by atoms with E-state index >= 15 is 0 Å². The highest BCUT2D eigenvalue weighted by Crippen LogP contribution is 2.38. The quantitative estimate of drug-likeness (QED) is 0.584. The van der Waals surface area contributed by atoms with Gasteiger partial charge in [0, 0.05) is 18.7 Å². The zero-order valence-electron chi connectivity index (χ0n) is 15.6. The lowest BCUT2D eigenvalue weighted by molar-refractivity contribution is 0.303. The van der Waals surface area contributed by atoms with Crippen molar-refractivity contribution in [2.75, 3.05) is 19.7 Å². The molecule has 1 aromatic carbocycles. The maximum Gasteiger partial charge on any atom is 0.123 e. The van der Waals surface area contributed by atoms with Gasteiger partial charge in [-0.15, -0.1) is 0 Å². The van der Waals surface area contributed by atoms with Crippen LogP contribution in [0.25, 0.3) is 0 Å². The molecule has 0 heterocycles. The van der Waals surface area contributed by atoms with Crippen LogP contribution in [0, 0.1) is 0 Å². The second kappa shape index (κ2) is 8.01. The fraction of sp³-hybridized carbons (Fsp3) is 0.700. The van der Waals surface area contributed by atoms with E-state index in [1.807, 2.05) is 0 Å². The van der Waals surface area contributed by atoms with E-state index in [2.05, 4.69) is 72.0 Å². The number of benzene rings is 1. The number of nitrogens with zero attached hydrogens (tertiary/aromatic N) is 1. The molecule has 1 aromatic rings. The third-order valence-corrected chi connectivity index (χ3v) is 4.99. The third kappa shape index (κ3) is 4.74. The summed E-state index contributed by atoms with van der Waals surface area (Å²) >= 11 is 0. The second-order valence-corrected chi connectivity index (χ2v) is 7.30. The highest BCUT2D eigenvalue weighted by molar-refractivity contribution is 5.44. The highest BCUT2D eigenvalue weighted by atomic mass is 16.5. The minimum absolute atomic E-state index is 0.122. The van der Waals surface area contributed by atoms with E-state index in [-0.39, 0.29) is 10.8 Å². The predicted molar refractivity (Wildman–Crippen MR) is 96.1 cm³/mol. The Bertz CT molecular complexity index is 463. The van der Waals surface area contributed by atoms with Crippen molar-refractivity contribution in [2.24, 2.45) is 0 Å². The zero-order chi connectivity index (χ0) is 16.8. The van der Waals surface area contributed by atoms with E-state index < -0.39 is 0 Å². The summed E-state index contributed by atoms with van der Waals surface area (Å²) in [6.45, 7) is 18.1. The van der Waals surface area contributed by atoms with Crippen molar-refractivity contribution in [3.8, 4) is 5.75 Å². The SMILES string of the molecule is CC[N]CCOc1ccc(C(C)(C)CC)cc1C(C)(C)CC. The first kappa shape index (κ1) is 19.0. The van der Waals surface area contributed by atoms with Gasteiger partial charge in [-0.3, -0.25) is 0 Å². The number of ether oxygens (including phenoxy) is 1. The molecule has 0 spiro atoms. The Morgan fingerprint density at radius 2 is 1.59 bits per heavy atom. The van der Waals surface area contributed by atoms with Gasteiger partial charge < -0.3 is 4.74 Å². The van der Waals surface area contributed by atoms with Crippen LogP contribution in [0.2, 0.25) is 0 Å². The summed E-state index contributed by atoms with van der Waals surface area (Å²) in [6.07, 6.45) is 2.23. The molecule has 1 radical (unpaired) electrons. The van der Waals surface area contributed by atoms with E-state index in [1.165, 1.54) is 11.1 Å².